The summed E-state index contributed by atoms with van der Waals surface area (Å²) in [4.78, 5) is 0. The molecule has 0 saturated heterocycles. The maximum Gasteiger partial charge on any atom is 0.129 e. The molecule has 0 aliphatic carbocycles. The van der Waals surface area contributed by atoms with Crippen molar-refractivity contribution < 1.29 is 13.5 Å². The number of hydrogen-bond acceptors (Lipinski definition) is 2. The first-order valence-corrected chi connectivity index (χ1v) is 6.97. The Morgan fingerprint density at radius 2 is 1.90 bits per heavy atom. The SMILES string of the molecule is CCNCc1ccc(F)c(COc2ccc(F)cc2C)c1. The molecule has 0 heterocycles. The Bertz CT molecular complexity index is 614. The van der Waals surface area contributed by atoms with E-state index in [4.69, 9.17) is 4.74 Å². The Morgan fingerprint density at radius 3 is 2.62 bits per heavy atom. The van der Waals surface area contributed by atoms with Gasteiger partial charge in [-0.1, -0.05) is 13.0 Å². The van der Waals surface area contributed by atoms with Crippen LogP contribution in [0.15, 0.2) is 36.4 Å². The molecular weight excluding hydrogens is 272 g/mol. The van der Waals surface area contributed by atoms with E-state index in [1.54, 1.807) is 25.1 Å². The van der Waals surface area contributed by atoms with Gasteiger partial charge >= 0.3 is 0 Å². The van der Waals surface area contributed by atoms with Gasteiger partial charge in [0.15, 0.2) is 0 Å². The van der Waals surface area contributed by atoms with Crippen molar-refractivity contribution in [2.75, 3.05) is 6.54 Å². The summed E-state index contributed by atoms with van der Waals surface area (Å²) in [6.45, 7) is 5.46. The summed E-state index contributed by atoms with van der Waals surface area (Å²) >= 11 is 0. The Labute approximate surface area is 123 Å². The number of nitrogens with one attached hydrogen (secondary N) is 1. The van der Waals surface area contributed by atoms with Crippen LogP contribution in [0.4, 0.5) is 8.78 Å². The molecule has 0 fully saturated rings. The van der Waals surface area contributed by atoms with Crippen molar-refractivity contribution in [2.24, 2.45) is 0 Å². The average molecular weight is 291 g/mol. The zero-order valence-corrected chi connectivity index (χ0v) is 12.2. The molecule has 2 rings (SSSR count). The van der Waals surface area contributed by atoms with Gasteiger partial charge in [0.05, 0.1) is 0 Å². The highest BCUT2D eigenvalue weighted by Crippen LogP contribution is 2.21. The van der Waals surface area contributed by atoms with Crippen LogP contribution in [0.25, 0.3) is 0 Å². The van der Waals surface area contributed by atoms with Gasteiger partial charge in [0.25, 0.3) is 0 Å². The molecular formula is C17H19F2NO. The van der Waals surface area contributed by atoms with Gasteiger partial charge < -0.3 is 10.1 Å². The molecule has 21 heavy (non-hydrogen) atoms. The number of rotatable bonds is 6. The molecule has 0 radical (unpaired) electrons. The van der Waals surface area contributed by atoms with Gasteiger partial charge in [0.1, 0.15) is 24.0 Å². The second-order valence-electron chi connectivity index (χ2n) is 4.90. The first-order valence-electron chi connectivity index (χ1n) is 6.97. The largest absolute Gasteiger partial charge is 0.489 e. The molecule has 0 amide bonds. The quantitative estimate of drug-likeness (QED) is 0.869. The summed E-state index contributed by atoms with van der Waals surface area (Å²) in [6.07, 6.45) is 0. The third kappa shape index (κ3) is 4.26. The van der Waals surface area contributed by atoms with Crippen LogP contribution in [0.5, 0.6) is 5.75 Å². The monoisotopic (exact) mass is 291 g/mol. The number of ether oxygens (including phenoxy) is 1. The molecule has 2 aromatic rings. The molecule has 0 bridgehead atoms. The minimum Gasteiger partial charge on any atom is -0.489 e. The van der Waals surface area contributed by atoms with E-state index in [2.05, 4.69) is 5.32 Å². The lowest BCUT2D eigenvalue weighted by atomic mass is 10.1. The molecule has 0 aliphatic rings. The van der Waals surface area contributed by atoms with Crippen LogP contribution in [0.1, 0.15) is 23.6 Å². The molecule has 0 aromatic heterocycles. The normalized spacial score (nSPS) is 10.7. The summed E-state index contributed by atoms with van der Waals surface area (Å²) in [5.74, 6) is -0.0402. The van der Waals surface area contributed by atoms with E-state index in [0.29, 0.717) is 23.4 Å². The molecule has 2 nitrogen and oxygen atoms in total. The van der Waals surface area contributed by atoms with Crippen molar-refractivity contribution in [1.29, 1.82) is 0 Å². The van der Waals surface area contributed by atoms with Gasteiger partial charge in [-0.25, -0.2) is 8.78 Å². The smallest absolute Gasteiger partial charge is 0.129 e. The minimum absolute atomic E-state index is 0.123. The fourth-order valence-corrected chi connectivity index (χ4v) is 2.05. The molecule has 0 unspecified atom stereocenters. The van der Waals surface area contributed by atoms with Gasteiger partial charge in [-0.3, -0.25) is 0 Å². The van der Waals surface area contributed by atoms with Crippen molar-refractivity contribution in [3.8, 4) is 5.75 Å². The van der Waals surface area contributed by atoms with E-state index in [1.807, 2.05) is 6.92 Å². The highest BCUT2D eigenvalue weighted by Gasteiger charge is 2.07. The van der Waals surface area contributed by atoms with E-state index in [1.165, 1.54) is 18.2 Å². The number of halogens is 2. The second kappa shape index (κ2) is 7.18. The lowest BCUT2D eigenvalue weighted by Gasteiger charge is -2.11. The molecule has 0 atom stereocenters. The van der Waals surface area contributed by atoms with Crippen molar-refractivity contribution in [3.63, 3.8) is 0 Å². The highest BCUT2D eigenvalue weighted by molar-refractivity contribution is 5.33. The van der Waals surface area contributed by atoms with Gasteiger partial charge in [-0.2, -0.15) is 0 Å². The molecule has 1 N–H and O–H groups in total. The zero-order valence-electron chi connectivity index (χ0n) is 12.2. The summed E-state index contributed by atoms with van der Waals surface area (Å²) in [5.41, 5.74) is 2.20. The summed E-state index contributed by atoms with van der Waals surface area (Å²) in [6, 6.07) is 9.28. The second-order valence-corrected chi connectivity index (χ2v) is 4.90. The number of benzene rings is 2. The van der Waals surface area contributed by atoms with E-state index in [-0.39, 0.29) is 18.2 Å². The molecule has 0 saturated carbocycles. The van der Waals surface area contributed by atoms with Gasteiger partial charge in [-0.15, -0.1) is 0 Å². The van der Waals surface area contributed by atoms with Crippen LogP contribution in [-0.2, 0) is 13.2 Å². The average Bonchev–Trinajstić information content (AvgIpc) is 2.46. The highest BCUT2D eigenvalue weighted by atomic mass is 19.1. The van der Waals surface area contributed by atoms with Gasteiger partial charge in [0, 0.05) is 12.1 Å². The molecule has 4 heteroatoms. The standard InChI is InChI=1S/C17H19F2NO/c1-3-20-10-13-4-6-16(19)14(9-13)11-21-17-7-5-15(18)8-12(17)2/h4-9,20H,3,10-11H2,1-2H3. The topological polar surface area (TPSA) is 21.3 Å². The minimum atomic E-state index is -0.307. The van der Waals surface area contributed by atoms with Crippen LogP contribution >= 0.6 is 0 Å². The summed E-state index contributed by atoms with van der Waals surface area (Å²) in [5, 5.41) is 3.20. The Hall–Kier alpha value is -1.94. The Balaban J connectivity index is 2.08. The lowest BCUT2D eigenvalue weighted by Crippen LogP contribution is -2.12. The fraction of sp³-hybridized carbons (Fsp3) is 0.294. The number of aryl methyl sites for hydroxylation is 1. The van der Waals surface area contributed by atoms with Crippen LogP contribution < -0.4 is 10.1 Å². The van der Waals surface area contributed by atoms with Crippen LogP contribution in [0.2, 0.25) is 0 Å². The van der Waals surface area contributed by atoms with E-state index in [0.717, 1.165) is 12.1 Å². The molecule has 112 valence electrons. The third-order valence-corrected chi connectivity index (χ3v) is 3.21. The summed E-state index contributed by atoms with van der Waals surface area (Å²) in [7, 11) is 0. The van der Waals surface area contributed by atoms with E-state index < -0.39 is 0 Å². The van der Waals surface area contributed by atoms with Crippen LogP contribution in [0.3, 0.4) is 0 Å². The van der Waals surface area contributed by atoms with Crippen LogP contribution in [0, 0.1) is 18.6 Å². The number of hydrogen-bond donors (Lipinski definition) is 1. The first-order chi connectivity index (χ1) is 10.1. The summed E-state index contributed by atoms with van der Waals surface area (Å²) < 4.78 is 32.4. The Kier molecular flexibility index (Phi) is 5.28. The van der Waals surface area contributed by atoms with Crippen LogP contribution in [-0.4, -0.2) is 6.54 Å². The van der Waals surface area contributed by atoms with Gasteiger partial charge in [-0.05, 0) is 54.9 Å². The molecule has 0 spiro atoms. The predicted octanol–water partition coefficient (Wildman–Crippen LogP) is 3.96. The van der Waals surface area contributed by atoms with Crippen molar-refractivity contribution in [2.45, 2.75) is 27.0 Å². The maximum atomic E-state index is 13.8. The van der Waals surface area contributed by atoms with Crippen molar-refractivity contribution in [1.82, 2.24) is 5.32 Å². The maximum absolute atomic E-state index is 13.8. The fourth-order valence-electron chi connectivity index (χ4n) is 2.05. The van der Waals surface area contributed by atoms with Crippen molar-refractivity contribution >= 4 is 0 Å². The van der Waals surface area contributed by atoms with Gasteiger partial charge in [0.2, 0.25) is 0 Å². The van der Waals surface area contributed by atoms with E-state index >= 15 is 0 Å². The molecule has 2 aromatic carbocycles. The first kappa shape index (κ1) is 15.4. The predicted molar refractivity (Wildman–Crippen MR) is 79.2 cm³/mol. The zero-order chi connectivity index (χ0) is 15.2. The molecule has 0 aliphatic heterocycles. The lowest BCUT2D eigenvalue weighted by molar-refractivity contribution is 0.297. The van der Waals surface area contributed by atoms with E-state index in [9.17, 15) is 8.78 Å². The Morgan fingerprint density at radius 1 is 1.10 bits per heavy atom. The third-order valence-electron chi connectivity index (χ3n) is 3.21. The van der Waals surface area contributed by atoms with Crippen molar-refractivity contribution in [3.05, 3.63) is 64.7 Å².